The van der Waals surface area contributed by atoms with E-state index in [-0.39, 0.29) is 11.1 Å². The molecular formula is C24H24N4O3S. The van der Waals surface area contributed by atoms with Gasteiger partial charge in [-0.2, -0.15) is 0 Å². The number of carbonyl (C=O) groups excluding carboxylic acids is 2. The summed E-state index contributed by atoms with van der Waals surface area (Å²) in [6, 6.07) is 10.6. The lowest BCUT2D eigenvalue weighted by Crippen LogP contribution is -2.27. The molecule has 164 valence electrons. The molecule has 3 aromatic rings. The summed E-state index contributed by atoms with van der Waals surface area (Å²) in [5.74, 6) is 0.919. The number of hydrogen-bond acceptors (Lipinski definition) is 7. The van der Waals surface area contributed by atoms with Crippen LogP contribution in [0.5, 0.6) is 0 Å². The molecular weight excluding hydrogens is 424 g/mol. The van der Waals surface area contributed by atoms with E-state index in [0.29, 0.717) is 22.6 Å². The highest BCUT2D eigenvalue weighted by atomic mass is 32.2. The summed E-state index contributed by atoms with van der Waals surface area (Å²) in [5.41, 5.74) is 2.92. The van der Waals surface area contributed by atoms with E-state index in [1.165, 1.54) is 30.2 Å². The lowest BCUT2D eigenvalue weighted by Gasteiger charge is -2.29. The van der Waals surface area contributed by atoms with Crippen molar-refractivity contribution in [1.29, 1.82) is 0 Å². The fourth-order valence-electron chi connectivity index (χ4n) is 4.40. The zero-order valence-electron chi connectivity index (χ0n) is 17.5. The number of thioether (sulfide) groups is 1. The molecule has 7 nitrogen and oxygen atoms in total. The number of nitrogens with zero attached hydrogens (tertiary/aromatic N) is 2. The third-order valence-electron chi connectivity index (χ3n) is 6.14. The van der Waals surface area contributed by atoms with Gasteiger partial charge >= 0.3 is 0 Å². The Morgan fingerprint density at radius 2 is 2.03 bits per heavy atom. The van der Waals surface area contributed by atoms with Gasteiger partial charge in [0.15, 0.2) is 0 Å². The van der Waals surface area contributed by atoms with Crippen LogP contribution in [0, 0.1) is 5.92 Å². The van der Waals surface area contributed by atoms with Crippen molar-refractivity contribution in [2.75, 3.05) is 5.32 Å². The normalized spacial score (nSPS) is 22.4. The first kappa shape index (κ1) is 20.8. The fraction of sp³-hybridized carbons (Fsp3) is 0.333. The predicted molar refractivity (Wildman–Crippen MR) is 125 cm³/mol. The molecule has 5 rings (SSSR count). The summed E-state index contributed by atoms with van der Waals surface area (Å²) in [4.78, 5) is 32.2. The number of aryl methyl sites for hydroxylation is 1. The van der Waals surface area contributed by atoms with Crippen molar-refractivity contribution in [2.45, 2.75) is 44.6 Å². The summed E-state index contributed by atoms with van der Waals surface area (Å²) in [6.45, 7) is 0. The van der Waals surface area contributed by atoms with Gasteiger partial charge in [0.1, 0.15) is 5.58 Å². The van der Waals surface area contributed by atoms with Crippen molar-refractivity contribution in [3.63, 3.8) is 0 Å². The van der Waals surface area contributed by atoms with E-state index >= 15 is 0 Å². The van der Waals surface area contributed by atoms with Crippen LogP contribution in [0.25, 0.3) is 17.0 Å². The summed E-state index contributed by atoms with van der Waals surface area (Å²) in [6.07, 6.45) is 11.9. The van der Waals surface area contributed by atoms with E-state index in [2.05, 4.69) is 38.8 Å². The minimum atomic E-state index is -0.379. The largest absolute Gasteiger partial charge is 0.464 e. The van der Waals surface area contributed by atoms with Gasteiger partial charge in [0.25, 0.3) is 11.1 Å². The van der Waals surface area contributed by atoms with Gasteiger partial charge in [-0.1, -0.05) is 6.07 Å². The minimum Gasteiger partial charge on any atom is -0.464 e. The summed E-state index contributed by atoms with van der Waals surface area (Å²) < 4.78 is 5.42. The van der Waals surface area contributed by atoms with Crippen LogP contribution >= 0.6 is 11.8 Å². The topological polar surface area (TPSA) is 97.1 Å². The molecule has 1 saturated heterocycles. The smallest absolute Gasteiger partial charge is 0.290 e. The van der Waals surface area contributed by atoms with E-state index in [1.54, 1.807) is 24.6 Å². The molecule has 0 bridgehead atoms. The summed E-state index contributed by atoms with van der Waals surface area (Å²) in [7, 11) is 0. The molecule has 3 heterocycles. The van der Waals surface area contributed by atoms with E-state index in [9.17, 15) is 9.59 Å². The lowest BCUT2D eigenvalue weighted by molar-refractivity contribution is -0.115. The quantitative estimate of drug-likeness (QED) is 0.503. The first-order valence-electron chi connectivity index (χ1n) is 10.9. The summed E-state index contributed by atoms with van der Waals surface area (Å²) >= 11 is 0.890. The van der Waals surface area contributed by atoms with Gasteiger partial charge in [-0.25, -0.2) is 9.97 Å². The van der Waals surface area contributed by atoms with E-state index in [0.717, 1.165) is 42.5 Å². The molecule has 1 aromatic carbocycles. The van der Waals surface area contributed by atoms with Crippen LogP contribution in [-0.2, 0) is 11.2 Å². The van der Waals surface area contributed by atoms with Crippen molar-refractivity contribution in [3.05, 3.63) is 59.0 Å². The predicted octanol–water partition coefficient (Wildman–Crippen LogP) is 5.15. The highest BCUT2D eigenvalue weighted by Crippen LogP contribution is 2.30. The van der Waals surface area contributed by atoms with Gasteiger partial charge in [-0.05, 0) is 92.1 Å². The number of furan rings is 1. The molecule has 2 amide bonds. The number of rotatable bonds is 6. The molecule has 0 radical (unpaired) electrons. The van der Waals surface area contributed by atoms with Gasteiger partial charge in [0.05, 0.1) is 16.9 Å². The zero-order chi connectivity index (χ0) is 21.9. The Kier molecular flexibility index (Phi) is 5.94. The van der Waals surface area contributed by atoms with Crippen molar-refractivity contribution in [3.8, 4) is 0 Å². The second-order valence-electron chi connectivity index (χ2n) is 8.35. The van der Waals surface area contributed by atoms with Crippen LogP contribution < -0.4 is 10.6 Å². The molecule has 0 unspecified atom stereocenters. The molecule has 0 atom stereocenters. The van der Waals surface area contributed by atoms with Crippen molar-refractivity contribution >= 4 is 45.9 Å². The number of amides is 2. The Balaban J connectivity index is 1.12. The average molecular weight is 449 g/mol. The Morgan fingerprint density at radius 3 is 2.84 bits per heavy atom. The van der Waals surface area contributed by atoms with Gasteiger partial charge < -0.3 is 9.73 Å². The molecule has 2 fully saturated rings. The molecule has 1 aliphatic heterocycles. The third kappa shape index (κ3) is 4.85. The molecule has 2 aliphatic rings. The molecule has 2 aromatic heterocycles. The maximum Gasteiger partial charge on any atom is 0.290 e. The van der Waals surface area contributed by atoms with Gasteiger partial charge in [0, 0.05) is 17.6 Å². The van der Waals surface area contributed by atoms with Gasteiger partial charge in [-0.15, -0.1) is 0 Å². The number of benzene rings is 1. The highest BCUT2D eigenvalue weighted by molar-refractivity contribution is 8.18. The highest BCUT2D eigenvalue weighted by Gasteiger charge is 2.25. The number of anilines is 1. The van der Waals surface area contributed by atoms with Crippen LogP contribution in [0.4, 0.5) is 10.7 Å². The molecule has 2 N–H and O–H groups in total. The van der Waals surface area contributed by atoms with Gasteiger partial charge in [-0.3, -0.25) is 14.9 Å². The number of carbonyl (C=O) groups is 2. The second kappa shape index (κ2) is 9.16. The molecule has 8 heteroatoms. The van der Waals surface area contributed by atoms with Crippen LogP contribution in [0.2, 0.25) is 0 Å². The monoisotopic (exact) mass is 448 g/mol. The maximum atomic E-state index is 11.7. The molecule has 32 heavy (non-hydrogen) atoms. The van der Waals surface area contributed by atoms with Crippen molar-refractivity contribution in [2.24, 2.45) is 5.92 Å². The minimum absolute atomic E-state index is 0.349. The SMILES string of the molecule is O=C1NC(=O)/C(=C/c2ccnc(NC3CCC(CCc4ccc5occc5c4)CC3)n2)S1. The summed E-state index contributed by atoms with van der Waals surface area (Å²) in [5, 5.41) is 6.51. The van der Waals surface area contributed by atoms with Crippen LogP contribution in [0.15, 0.2) is 52.1 Å². The number of hydrogen-bond donors (Lipinski definition) is 2. The average Bonchev–Trinajstić information content (AvgIpc) is 3.38. The number of aromatic nitrogens is 2. The Morgan fingerprint density at radius 1 is 1.16 bits per heavy atom. The van der Waals surface area contributed by atoms with Crippen molar-refractivity contribution in [1.82, 2.24) is 15.3 Å². The first-order chi connectivity index (χ1) is 15.6. The maximum absolute atomic E-state index is 11.7. The van der Waals surface area contributed by atoms with E-state index < -0.39 is 0 Å². The van der Waals surface area contributed by atoms with E-state index in [1.807, 2.05) is 6.07 Å². The standard InChI is InChI=1S/C24H24N4O3S/c29-22-21(32-24(30)28-22)14-19-9-11-25-23(27-19)26-18-6-3-15(4-7-18)1-2-16-5-8-20-17(13-16)10-12-31-20/h5,8-15,18H,1-4,6-7H2,(H,25,26,27)(H,28,29,30)/b21-14-. The van der Waals surface area contributed by atoms with Crippen LogP contribution in [0.1, 0.15) is 43.4 Å². The molecule has 1 saturated carbocycles. The Hall–Kier alpha value is -3.13. The number of fused-ring (bicyclic) bond motifs is 1. The van der Waals surface area contributed by atoms with Gasteiger partial charge in [0.2, 0.25) is 5.95 Å². The molecule has 1 aliphatic carbocycles. The first-order valence-corrected chi connectivity index (χ1v) is 11.7. The second-order valence-corrected chi connectivity index (χ2v) is 9.37. The lowest BCUT2D eigenvalue weighted by atomic mass is 9.82. The Labute approximate surface area is 190 Å². The zero-order valence-corrected chi connectivity index (χ0v) is 18.4. The Bertz CT molecular complexity index is 1180. The number of nitrogens with one attached hydrogen (secondary N) is 2. The van der Waals surface area contributed by atoms with Crippen molar-refractivity contribution < 1.29 is 14.0 Å². The van der Waals surface area contributed by atoms with Crippen LogP contribution in [0.3, 0.4) is 0 Å². The fourth-order valence-corrected chi connectivity index (χ4v) is 5.07. The third-order valence-corrected chi connectivity index (χ3v) is 6.95. The van der Waals surface area contributed by atoms with E-state index in [4.69, 9.17) is 4.42 Å². The molecule has 0 spiro atoms. The number of imide groups is 1. The van der Waals surface area contributed by atoms with Crippen LogP contribution in [-0.4, -0.2) is 27.2 Å².